The molecule has 3 rings (SSSR count). The van der Waals surface area contributed by atoms with Crippen LogP contribution in [0.3, 0.4) is 0 Å². The van der Waals surface area contributed by atoms with E-state index in [1.165, 1.54) is 0 Å². The summed E-state index contributed by atoms with van der Waals surface area (Å²) in [6.07, 6.45) is 0.865. The van der Waals surface area contributed by atoms with Crippen molar-refractivity contribution >= 4 is 5.91 Å². The first-order chi connectivity index (χ1) is 16.7. The third kappa shape index (κ3) is 8.83. The highest BCUT2D eigenvalue weighted by Crippen LogP contribution is 2.19. The van der Waals surface area contributed by atoms with Crippen molar-refractivity contribution in [1.29, 1.82) is 0 Å². The number of aliphatic hydroxyl groups is 2. The number of β-amino-alcohol motifs (C(OH)–C–C–N with tert-alkyl or cyclic N) is 1. The lowest BCUT2D eigenvalue weighted by Gasteiger charge is -2.28. The van der Waals surface area contributed by atoms with Gasteiger partial charge in [0.25, 0.3) is 0 Å². The standard InChI is InChI=1S/C29H36N2O4/c1-29(2,30-19-27(34)24-11-13-26(33)14-12-24)18-23-10-6-9-22(15-23)17-28(35)31-25(20-32)16-21-7-4-3-5-8-21/h3-15,25,27,30,32-34H,16-20H2,1-2H3,(H,31,35). The molecule has 6 nitrogen and oxygen atoms in total. The number of amides is 1. The van der Waals surface area contributed by atoms with E-state index in [4.69, 9.17) is 0 Å². The monoisotopic (exact) mass is 476 g/mol. The van der Waals surface area contributed by atoms with Gasteiger partial charge >= 0.3 is 0 Å². The van der Waals surface area contributed by atoms with Gasteiger partial charge < -0.3 is 26.0 Å². The number of phenolic OH excluding ortho intramolecular Hbond substituents is 1. The average Bonchev–Trinajstić information content (AvgIpc) is 2.83. The van der Waals surface area contributed by atoms with Gasteiger partial charge in [0.05, 0.1) is 25.2 Å². The van der Waals surface area contributed by atoms with Crippen LogP contribution in [0.15, 0.2) is 78.9 Å². The van der Waals surface area contributed by atoms with Gasteiger partial charge in [0.15, 0.2) is 0 Å². The summed E-state index contributed by atoms with van der Waals surface area (Å²) < 4.78 is 0. The van der Waals surface area contributed by atoms with Crippen molar-refractivity contribution in [2.45, 2.75) is 50.8 Å². The Morgan fingerprint density at radius 1 is 0.914 bits per heavy atom. The van der Waals surface area contributed by atoms with Crippen molar-refractivity contribution in [3.8, 4) is 5.75 Å². The van der Waals surface area contributed by atoms with E-state index < -0.39 is 6.10 Å². The van der Waals surface area contributed by atoms with Crippen LogP contribution in [-0.2, 0) is 24.1 Å². The normalized spacial score (nSPS) is 13.3. The predicted octanol–water partition coefficient (Wildman–Crippen LogP) is 3.30. The molecule has 0 aliphatic rings. The Hall–Kier alpha value is -3.19. The molecule has 2 atom stereocenters. The second kappa shape index (κ2) is 12.5. The van der Waals surface area contributed by atoms with E-state index in [-0.39, 0.29) is 36.3 Å². The van der Waals surface area contributed by atoms with Crippen LogP contribution in [0.1, 0.15) is 42.2 Å². The van der Waals surface area contributed by atoms with Gasteiger partial charge in [-0.3, -0.25) is 4.79 Å². The summed E-state index contributed by atoms with van der Waals surface area (Å²) in [5.74, 6) is 0.0532. The highest BCUT2D eigenvalue weighted by atomic mass is 16.3. The molecule has 0 fully saturated rings. The summed E-state index contributed by atoms with van der Waals surface area (Å²) in [6, 6.07) is 24.0. The van der Waals surface area contributed by atoms with E-state index in [2.05, 4.69) is 24.5 Å². The van der Waals surface area contributed by atoms with Crippen LogP contribution < -0.4 is 10.6 Å². The lowest BCUT2D eigenvalue weighted by molar-refractivity contribution is -0.121. The smallest absolute Gasteiger partial charge is 0.224 e. The lowest BCUT2D eigenvalue weighted by Crippen LogP contribution is -2.43. The van der Waals surface area contributed by atoms with Crippen LogP contribution >= 0.6 is 0 Å². The summed E-state index contributed by atoms with van der Waals surface area (Å²) in [6.45, 7) is 4.41. The molecule has 0 heterocycles. The molecule has 0 aliphatic carbocycles. The molecule has 0 spiro atoms. The van der Waals surface area contributed by atoms with Crippen LogP contribution in [0.2, 0.25) is 0 Å². The van der Waals surface area contributed by atoms with Crippen molar-refractivity contribution in [3.05, 3.63) is 101 Å². The van der Waals surface area contributed by atoms with Crippen LogP contribution in [0.25, 0.3) is 0 Å². The Morgan fingerprint density at radius 3 is 2.26 bits per heavy atom. The second-order valence-electron chi connectivity index (χ2n) is 9.68. The first-order valence-electron chi connectivity index (χ1n) is 12.0. The summed E-state index contributed by atoms with van der Waals surface area (Å²) in [5, 5.41) is 35.9. The van der Waals surface area contributed by atoms with Gasteiger partial charge in [-0.2, -0.15) is 0 Å². The Balaban J connectivity index is 1.52. The maximum absolute atomic E-state index is 12.6. The lowest BCUT2D eigenvalue weighted by atomic mass is 9.93. The van der Waals surface area contributed by atoms with Crippen molar-refractivity contribution in [2.75, 3.05) is 13.2 Å². The van der Waals surface area contributed by atoms with E-state index in [0.29, 0.717) is 13.0 Å². The number of hydrogen-bond donors (Lipinski definition) is 5. The van der Waals surface area contributed by atoms with Gasteiger partial charge in [0.2, 0.25) is 5.91 Å². The summed E-state index contributed by atoms with van der Waals surface area (Å²) in [4.78, 5) is 12.6. The highest BCUT2D eigenvalue weighted by molar-refractivity contribution is 5.79. The molecule has 3 aromatic carbocycles. The van der Waals surface area contributed by atoms with Crippen LogP contribution in [0, 0.1) is 0 Å². The van der Waals surface area contributed by atoms with Crippen LogP contribution in [0.5, 0.6) is 5.75 Å². The van der Waals surface area contributed by atoms with Crippen molar-refractivity contribution in [3.63, 3.8) is 0 Å². The fourth-order valence-corrected chi connectivity index (χ4v) is 4.13. The topological polar surface area (TPSA) is 102 Å². The van der Waals surface area contributed by atoms with Gasteiger partial charge in [-0.15, -0.1) is 0 Å². The molecule has 6 heteroatoms. The molecule has 5 N–H and O–H groups in total. The number of rotatable bonds is 12. The zero-order valence-electron chi connectivity index (χ0n) is 20.4. The third-order valence-corrected chi connectivity index (χ3v) is 5.96. The van der Waals surface area contributed by atoms with E-state index in [0.717, 1.165) is 28.7 Å². The van der Waals surface area contributed by atoms with Crippen LogP contribution in [-0.4, -0.2) is 46.0 Å². The molecule has 0 saturated heterocycles. The van der Waals surface area contributed by atoms with Gasteiger partial charge in [-0.25, -0.2) is 0 Å². The Bertz CT molecular complexity index is 1070. The minimum Gasteiger partial charge on any atom is -0.508 e. The molecule has 186 valence electrons. The quantitative estimate of drug-likeness (QED) is 0.276. The minimum absolute atomic E-state index is 0.115. The summed E-state index contributed by atoms with van der Waals surface area (Å²) in [7, 11) is 0. The molecular formula is C29H36N2O4. The molecule has 0 bridgehead atoms. The number of benzene rings is 3. The van der Waals surface area contributed by atoms with E-state index in [9.17, 15) is 20.1 Å². The summed E-state index contributed by atoms with van der Waals surface area (Å²) >= 11 is 0. The highest BCUT2D eigenvalue weighted by Gasteiger charge is 2.20. The number of aromatic hydroxyl groups is 1. The SMILES string of the molecule is CC(C)(Cc1cccc(CC(=O)NC(CO)Cc2ccccc2)c1)NCC(O)c1ccc(O)cc1. The molecule has 0 aromatic heterocycles. The average molecular weight is 477 g/mol. The zero-order chi connectivity index (χ0) is 25.3. The van der Waals surface area contributed by atoms with E-state index in [1.54, 1.807) is 24.3 Å². The Morgan fingerprint density at radius 2 is 1.57 bits per heavy atom. The molecule has 1 amide bonds. The molecule has 3 aromatic rings. The number of phenols is 1. The maximum Gasteiger partial charge on any atom is 0.224 e. The molecule has 0 aliphatic heterocycles. The number of carbonyl (C=O) groups excluding carboxylic acids is 1. The molecule has 0 radical (unpaired) electrons. The van der Waals surface area contributed by atoms with Crippen molar-refractivity contribution < 1.29 is 20.1 Å². The number of carbonyl (C=O) groups is 1. The number of aliphatic hydroxyl groups excluding tert-OH is 2. The largest absolute Gasteiger partial charge is 0.508 e. The molecule has 0 saturated carbocycles. The van der Waals surface area contributed by atoms with Crippen molar-refractivity contribution in [2.24, 2.45) is 0 Å². The van der Waals surface area contributed by atoms with Gasteiger partial charge in [0, 0.05) is 12.1 Å². The van der Waals surface area contributed by atoms with Gasteiger partial charge in [0.1, 0.15) is 5.75 Å². The molecule has 35 heavy (non-hydrogen) atoms. The minimum atomic E-state index is -0.680. The molecule has 2 unspecified atom stereocenters. The van der Waals surface area contributed by atoms with E-state index in [1.807, 2.05) is 54.6 Å². The van der Waals surface area contributed by atoms with Crippen molar-refractivity contribution in [1.82, 2.24) is 10.6 Å². The fourth-order valence-electron chi connectivity index (χ4n) is 4.13. The zero-order valence-corrected chi connectivity index (χ0v) is 20.4. The molecular weight excluding hydrogens is 440 g/mol. The number of hydrogen-bond acceptors (Lipinski definition) is 5. The Labute approximate surface area is 207 Å². The van der Waals surface area contributed by atoms with Gasteiger partial charge in [-0.1, -0.05) is 66.7 Å². The first-order valence-corrected chi connectivity index (χ1v) is 12.0. The Kier molecular flexibility index (Phi) is 9.43. The van der Waals surface area contributed by atoms with E-state index >= 15 is 0 Å². The second-order valence-corrected chi connectivity index (χ2v) is 9.68. The first kappa shape index (κ1) is 26.4. The fraction of sp³-hybridized carbons (Fsp3) is 0.345. The third-order valence-electron chi connectivity index (χ3n) is 5.96. The summed E-state index contributed by atoms with van der Waals surface area (Å²) in [5.41, 5.74) is 3.54. The number of nitrogens with one attached hydrogen (secondary N) is 2. The maximum atomic E-state index is 12.6. The van der Waals surface area contributed by atoms with Gasteiger partial charge in [-0.05, 0) is 61.1 Å². The predicted molar refractivity (Wildman–Crippen MR) is 138 cm³/mol. The van der Waals surface area contributed by atoms with Crippen LogP contribution in [0.4, 0.5) is 0 Å².